The number of benzene rings is 2. The summed E-state index contributed by atoms with van der Waals surface area (Å²) in [5.41, 5.74) is 0.839. The van der Waals surface area contributed by atoms with Gasteiger partial charge in [0.1, 0.15) is 0 Å². The number of hydrogen-bond acceptors (Lipinski definition) is 4. The van der Waals surface area contributed by atoms with Crippen LogP contribution in [0, 0.1) is 0 Å². The van der Waals surface area contributed by atoms with Crippen LogP contribution in [0.1, 0.15) is 24.4 Å². The number of ether oxygens (including phenoxy) is 2. The fourth-order valence-electron chi connectivity index (χ4n) is 3.20. The molecule has 1 atom stereocenters. The van der Waals surface area contributed by atoms with Crippen LogP contribution in [0.4, 0.5) is 0 Å². The molecule has 0 bridgehead atoms. The van der Waals surface area contributed by atoms with E-state index in [-0.39, 0.29) is 10.9 Å². The standard InChI is InChI=1S/C18H20ClNO4S/c1-23-17-10-9-13(12-18(17)24-2)25(21,22)20-11-5-8-16(20)14-6-3-4-7-15(14)19/h3-4,6-7,9-10,12,16H,5,8,11H2,1-2H3. The summed E-state index contributed by atoms with van der Waals surface area (Å²) in [6.07, 6.45) is 1.54. The zero-order valence-electron chi connectivity index (χ0n) is 14.1. The lowest BCUT2D eigenvalue weighted by molar-refractivity contribution is 0.353. The number of hydrogen-bond donors (Lipinski definition) is 0. The van der Waals surface area contributed by atoms with Gasteiger partial charge in [-0.2, -0.15) is 4.31 Å². The van der Waals surface area contributed by atoms with Crippen molar-refractivity contribution in [2.75, 3.05) is 20.8 Å². The summed E-state index contributed by atoms with van der Waals surface area (Å²) in [6.45, 7) is 0.465. The van der Waals surface area contributed by atoms with Gasteiger partial charge in [0.05, 0.1) is 25.2 Å². The van der Waals surface area contributed by atoms with Crippen LogP contribution < -0.4 is 9.47 Å². The summed E-state index contributed by atoms with van der Waals surface area (Å²) in [7, 11) is -0.675. The first-order chi connectivity index (χ1) is 12.0. The molecular weight excluding hydrogens is 362 g/mol. The molecular formula is C18H20ClNO4S. The topological polar surface area (TPSA) is 55.8 Å². The molecule has 3 rings (SSSR count). The molecule has 0 aliphatic carbocycles. The van der Waals surface area contributed by atoms with Crippen molar-refractivity contribution in [2.45, 2.75) is 23.8 Å². The summed E-state index contributed by atoms with van der Waals surface area (Å²) in [6, 6.07) is 11.8. The number of nitrogens with zero attached hydrogens (tertiary/aromatic N) is 1. The van der Waals surface area contributed by atoms with Gasteiger partial charge < -0.3 is 9.47 Å². The van der Waals surface area contributed by atoms with Gasteiger partial charge in [-0.3, -0.25) is 0 Å². The molecule has 5 nitrogen and oxygen atoms in total. The van der Waals surface area contributed by atoms with Gasteiger partial charge in [-0.15, -0.1) is 0 Å². The number of sulfonamides is 1. The van der Waals surface area contributed by atoms with Crippen molar-refractivity contribution in [3.05, 3.63) is 53.1 Å². The average molecular weight is 382 g/mol. The van der Waals surface area contributed by atoms with Crippen molar-refractivity contribution < 1.29 is 17.9 Å². The molecule has 0 N–H and O–H groups in total. The van der Waals surface area contributed by atoms with Gasteiger partial charge in [0.15, 0.2) is 11.5 Å². The van der Waals surface area contributed by atoms with E-state index in [1.165, 1.54) is 24.6 Å². The minimum absolute atomic E-state index is 0.184. The Morgan fingerprint density at radius 3 is 2.48 bits per heavy atom. The van der Waals surface area contributed by atoms with Crippen molar-refractivity contribution in [1.82, 2.24) is 4.31 Å². The molecule has 1 fully saturated rings. The van der Waals surface area contributed by atoms with Crippen LogP contribution in [-0.2, 0) is 10.0 Å². The third-order valence-corrected chi connectivity index (χ3v) is 6.68. The zero-order chi connectivity index (χ0) is 18.0. The van der Waals surface area contributed by atoms with Gasteiger partial charge in [0.2, 0.25) is 10.0 Å². The van der Waals surface area contributed by atoms with Crippen molar-refractivity contribution >= 4 is 21.6 Å². The maximum atomic E-state index is 13.2. The molecule has 25 heavy (non-hydrogen) atoms. The van der Waals surface area contributed by atoms with E-state index < -0.39 is 10.0 Å². The maximum Gasteiger partial charge on any atom is 0.243 e. The van der Waals surface area contributed by atoms with Gasteiger partial charge in [-0.1, -0.05) is 29.8 Å². The second-order valence-electron chi connectivity index (χ2n) is 5.81. The highest BCUT2D eigenvalue weighted by atomic mass is 35.5. The first-order valence-electron chi connectivity index (χ1n) is 7.97. The summed E-state index contributed by atoms with van der Waals surface area (Å²) in [4.78, 5) is 0.184. The fourth-order valence-corrected chi connectivity index (χ4v) is 5.15. The predicted molar refractivity (Wildman–Crippen MR) is 96.9 cm³/mol. The van der Waals surface area contributed by atoms with Crippen LogP contribution in [0.5, 0.6) is 11.5 Å². The quantitative estimate of drug-likeness (QED) is 0.788. The average Bonchev–Trinajstić information content (AvgIpc) is 3.11. The van der Waals surface area contributed by atoms with Crippen molar-refractivity contribution in [1.29, 1.82) is 0 Å². The Morgan fingerprint density at radius 1 is 1.08 bits per heavy atom. The normalized spacial score (nSPS) is 18.3. The van der Waals surface area contributed by atoms with E-state index in [1.807, 2.05) is 18.2 Å². The lowest BCUT2D eigenvalue weighted by atomic mass is 10.1. The van der Waals surface area contributed by atoms with Crippen molar-refractivity contribution in [3.63, 3.8) is 0 Å². The first kappa shape index (κ1) is 18.0. The number of halogens is 1. The second-order valence-corrected chi connectivity index (χ2v) is 8.11. The Morgan fingerprint density at radius 2 is 1.80 bits per heavy atom. The minimum atomic E-state index is -3.67. The third kappa shape index (κ3) is 3.34. The van der Waals surface area contributed by atoms with Crippen LogP contribution in [-0.4, -0.2) is 33.5 Å². The Balaban J connectivity index is 2.00. The van der Waals surface area contributed by atoms with E-state index in [0.717, 1.165) is 18.4 Å². The molecule has 0 aromatic heterocycles. The highest BCUT2D eigenvalue weighted by Gasteiger charge is 2.37. The summed E-state index contributed by atoms with van der Waals surface area (Å²) in [5.74, 6) is 0.877. The monoisotopic (exact) mass is 381 g/mol. The number of methoxy groups -OCH3 is 2. The van der Waals surface area contributed by atoms with Gasteiger partial charge >= 0.3 is 0 Å². The summed E-state index contributed by atoms with van der Waals surface area (Å²) >= 11 is 6.29. The lowest BCUT2D eigenvalue weighted by Crippen LogP contribution is -2.30. The molecule has 2 aromatic rings. The molecule has 0 spiro atoms. The van der Waals surface area contributed by atoms with Crippen LogP contribution in [0.3, 0.4) is 0 Å². The van der Waals surface area contributed by atoms with Crippen LogP contribution in [0.25, 0.3) is 0 Å². The summed E-state index contributed by atoms with van der Waals surface area (Å²) in [5, 5.41) is 0.585. The Hall–Kier alpha value is -1.76. The van der Waals surface area contributed by atoms with Crippen molar-refractivity contribution in [3.8, 4) is 11.5 Å². The maximum absolute atomic E-state index is 13.2. The summed E-state index contributed by atoms with van der Waals surface area (Å²) < 4.78 is 38.3. The molecule has 0 saturated carbocycles. The van der Waals surface area contributed by atoms with Crippen molar-refractivity contribution in [2.24, 2.45) is 0 Å². The Kier molecular flexibility index (Phi) is 5.22. The molecule has 2 aromatic carbocycles. The molecule has 134 valence electrons. The zero-order valence-corrected chi connectivity index (χ0v) is 15.7. The lowest BCUT2D eigenvalue weighted by Gasteiger charge is -2.25. The molecule has 0 amide bonds. The Labute approximate surface area is 153 Å². The highest BCUT2D eigenvalue weighted by Crippen LogP contribution is 2.40. The van der Waals surface area contributed by atoms with Crippen LogP contribution >= 0.6 is 11.6 Å². The van der Waals surface area contributed by atoms with Gasteiger partial charge in [0.25, 0.3) is 0 Å². The Bertz CT molecular complexity index is 869. The van der Waals surface area contributed by atoms with Crippen LogP contribution in [0.2, 0.25) is 5.02 Å². The van der Waals surface area contributed by atoms with E-state index in [2.05, 4.69) is 0 Å². The molecule has 1 aliphatic heterocycles. The van der Waals surface area contributed by atoms with E-state index in [4.69, 9.17) is 21.1 Å². The highest BCUT2D eigenvalue weighted by molar-refractivity contribution is 7.89. The first-order valence-corrected chi connectivity index (χ1v) is 9.79. The SMILES string of the molecule is COc1ccc(S(=O)(=O)N2CCCC2c2ccccc2Cl)cc1OC. The van der Waals surface area contributed by atoms with E-state index in [0.29, 0.717) is 23.1 Å². The fraction of sp³-hybridized carbons (Fsp3) is 0.333. The molecule has 1 saturated heterocycles. The smallest absolute Gasteiger partial charge is 0.243 e. The van der Waals surface area contributed by atoms with E-state index in [1.54, 1.807) is 18.2 Å². The number of rotatable bonds is 5. The molecule has 1 unspecified atom stereocenters. The van der Waals surface area contributed by atoms with Crippen LogP contribution in [0.15, 0.2) is 47.4 Å². The van der Waals surface area contributed by atoms with E-state index >= 15 is 0 Å². The largest absolute Gasteiger partial charge is 0.493 e. The third-order valence-electron chi connectivity index (χ3n) is 4.43. The molecule has 1 aliphatic rings. The molecule has 1 heterocycles. The molecule has 0 radical (unpaired) electrons. The van der Waals surface area contributed by atoms with Gasteiger partial charge in [-0.05, 0) is 36.6 Å². The van der Waals surface area contributed by atoms with E-state index in [9.17, 15) is 8.42 Å². The predicted octanol–water partition coefficient (Wildman–Crippen LogP) is 3.88. The second kappa shape index (κ2) is 7.23. The molecule has 7 heteroatoms. The van der Waals surface area contributed by atoms with Gasteiger partial charge in [0, 0.05) is 17.6 Å². The van der Waals surface area contributed by atoms with Gasteiger partial charge in [-0.25, -0.2) is 8.42 Å². The minimum Gasteiger partial charge on any atom is -0.493 e.